The highest BCUT2D eigenvalue weighted by molar-refractivity contribution is 6.44. The van der Waals surface area contributed by atoms with Crippen molar-refractivity contribution in [3.8, 4) is 0 Å². The van der Waals surface area contributed by atoms with Crippen LogP contribution in [0.15, 0.2) is 24.5 Å². The zero-order valence-corrected chi connectivity index (χ0v) is 11.9. The van der Waals surface area contributed by atoms with Gasteiger partial charge in [-0.15, -0.1) is 0 Å². The standard InChI is InChI=1S/C13H13Cl2N3O/c1-2-4-18-5-3-17-13(18)12(19)9-6-8(16)7-10(14)11(9)15/h3,5-7H,2,4,16H2,1H3. The van der Waals surface area contributed by atoms with Gasteiger partial charge in [0.2, 0.25) is 5.78 Å². The first kappa shape index (κ1) is 13.9. The summed E-state index contributed by atoms with van der Waals surface area (Å²) in [5.74, 6) is 0.0584. The van der Waals surface area contributed by atoms with Gasteiger partial charge in [-0.25, -0.2) is 4.98 Å². The van der Waals surface area contributed by atoms with Crippen molar-refractivity contribution in [2.45, 2.75) is 19.9 Å². The van der Waals surface area contributed by atoms with Crippen molar-refractivity contribution >= 4 is 34.7 Å². The van der Waals surface area contributed by atoms with Crippen LogP contribution in [-0.2, 0) is 6.54 Å². The number of aryl methyl sites for hydroxylation is 1. The average Bonchev–Trinajstić information content (AvgIpc) is 2.81. The van der Waals surface area contributed by atoms with Gasteiger partial charge in [0, 0.05) is 30.2 Å². The number of halogens is 2. The molecule has 0 aliphatic rings. The molecule has 0 aliphatic heterocycles. The minimum Gasteiger partial charge on any atom is -0.399 e. The number of carbonyl (C=O) groups excluding carboxylic acids is 1. The third-order valence-electron chi connectivity index (χ3n) is 2.68. The molecule has 1 heterocycles. The molecule has 0 fully saturated rings. The lowest BCUT2D eigenvalue weighted by Crippen LogP contribution is -2.12. The van der Waals surface area contributed by atoms with E-state index in [2.05, 4.69) is 4.98 Å². The molecule has 0 amide bonds. The summed E-state index contributed by atoms with van der Waals surface area (Å²) in [6.45, 7) is 2.74. The van der Waals surface area contributed by atoms with Crippen molar-refractivity contribution in [3.05, 3.63) is 46.0 Å². The van der Waals surface area contributed by atoms with E-state index < -0.39 is 0 Å². The highest BCUT2D eigenvalue weighted by Crippen LogP contribution is 2.30. The molecule has 1 aromatic carbocycles. The topological polar surface area (TPSA) is 60.9 Å². The maximum absolute atomic E-state index is 12.4. The van der Waals surface area contributed by atoms with Gasteiger partial charge in [0.25, 0.3) is 0 Å². The Morgan fingerprint density at radius 2 is 2.16 bits per heavy atom. The number of nitrogen functional groups attached to an aromatic ring is 1. The number of rotatable bonds is 4. The first-order valence-corrected chi connectivity index (χ1v) is 6.60. The van der Waals surface area contributed by atoms with E-state index in [1.54, 1.807) is 17.0 Å². The summed E-state index contributed by atoms with van der Waals surface area (Å²) in [5, 5.41) is 0.463. The lowest BCUT2D eigenvalue weighted by Gasteiger charge is -2.08. The Balaban J connectivity index is 2.47. The quantitative estimate of drug-likeness (QED) is 0.695. The van der Waals surface area contributed by atoms with Crippen molar-refractivity contribution in [3.63, 3.8) is 0 Å². The highest BCUT2D eigenvalue weighted by atomic mass is 35.5. The zero-order valence-electron chi connectivity index (χ0n) is 10.4. The van der Waals surface area contributed by atoms with E-state index in [0.717, 1.165) is 13.0 Å². The van der Waals surface area contributed by atoms with E-state index in [9.17, 15) is 4.79 Å². The van der Waals surface area contributed by atoms with Crippen LogP contribution in [0, 0.1) is 0 Å². The summed E-state index contributed by atoms with van der Waals surface area (Å²) < 4.78 is 1.79. The van der Waals surface area contributed by atoms with Gasteiger partial charge in [-0.1, -0.05) is 30.1 Å². The fraction of sp³-hybridized carbons (Fsp3) is 0.231. The number of hydrogen-bond acceptors (Lipinski definition) is 3. The minimum atomic E-state index is -0.280. The van der Waals surface area contributed by atoms with Crippen LogP contribution >= 0.6 is 23.2 Å². The third kappa shape index (κ3) is 2.74. The molecular weight excluding hydrogens is 285 g/mol. The SMILES string of the molecule is CCCn1ccnc1C(=O)c1cc(N)cc(Cl)c1Cl. The predicted octanol–water partition coefficient (Wildman–Crippen LogP) is 3.41. The molecule has 0 saturated carbocycles. The van der Waals surface area contributed by atoms with E-state index in [0.29, 0.717) is 11.5 Å². The normalized spacial score (nSPS) is 10.7. The summed E-state index contributed by atoms with van der Waals surface area (Å²) in [7, 11) is 0. The average molecular weight is 298 g/mol. The number of anilines is 1. The Kier molecular flexibility index (Phi) is 4.12. The van der Waals surface area contributed by atoms with Crippen LogP contribution in [0.3, 0.4) is 0 Å². The van der Waals surface area contributed by atoms with E-state index in [-0.39, 0.29) is 21.4 Å². The molecule has 2 aromatic rings. The van der Waals surface area contributed by atoms with Crippen LogP contribution in [0.1, 0.15) is 29.5 Å². The number of hydrogen-bond donors (Lipinski definition) is 1. The van der Waals surface area contributed by atoms with Gasteiger partial charge < -0.3 is 10.3 Å². The summed E-state index contributed by atoms with van der Waals surface area (Å²) in [5.41, 5.74) is 6.36. The van der Waals surface area contributed by atoms with Crippen molar-refractivity contribution in [1.82, 2.24) is 9.55 Å². The number of ketones is 1. The number of imidazole rings is 1. The Labute approximate surface area is 121 Å². The van der Waals surface area contributed by atoms with E-state index in [1.807, 2.05) is 6.92 Å². The van der Waals surface area contributed by atoms with Gasteiger partial charge in [0.15, 0.2) is 5.82 Å². The largest absolute Gasteiger partial charge is 0.399 e. The molecule has 0 radical (unpaired) electrons. The molecule has 1 aromatic heterocycles. The summed E-state index contributed by atoms with van der Waals surface area (Å²) in [4.78, 5) is 16.5. The lowest BCUT2D eigenvalue weighted by atomic mass is 10.1. The van der Waals surface area contributed by atoms with Crippen LogP contribution in [0.2, 0.25) is 10.0 Å². The second-order valence-electron chi connectivity index (χ2n) is 4.14. The number of nitrogens with zero attached hydrogens (tertiary/aromatic N) is 2. The van der Waals surface area contributed by atoms with Crippen molar-refractivity contribution in [2.75, 3.05) is 5.73 Å². The molecule has 0 unspecified atom stereocenters. The Morgan fingerprint density at radius 1 is 1.42 bits per heavy atom. The molecule has 0 aliphatic carbocycles. The molecule has 0 bridgehead atoms. The van der Waals surface area contributed by atoms with Crippen molar-refractivity contribution < 1.29 is 4.79 Å². The number of nitrogens with two attached hydrogens (primary N) is 1. The molecule has 0 spiro atoms. The fourth-order valence-electron chi connectivity index (χ4n) is 1.84. The van der Waals surface area contributed by atoms with Gasteiger partial charge in [-0.3, -0.25) is 4.79 Å². The van der Waals surface area contributed by atoms with Crippen LogP contribution < -0.4 is 5.73 Å². The highest BCUT2D eigenvalue weighted by Gasteiger charge is 2.20. The van der Waals surface area contributed by atoms with E-state index in [1.165, 1.54) is 12.1 Å². The zero-order chi connectivity index (χ0) is 14.0. The first-order valence-electron chi connectivity index (χ1n) is 5.85. The summed E-state index contributed by atoms with van der Waals surface area (Å²) >= 11 is 12.0. The Bertz CT molecular complexity index is 622. The number of benzene rings is 1. The summed E-state index contributed by atoms with van der Waals surface area (Å²) in [6, 6.07) is 3.03. The lowest BCUT2D eigenvalue weighted by molar-refractivity contribution is 0.102. The van der Waals surface area contributed by atoms with Crippen molar-refractivity contribution in [1.29, 1.82) is 0 Å². The van der Waals surface area contributed by atoms with Crippen LogP contribution in [0.4, 0.5) is 5.69 Å². The van der Waals surface area contributed by atoms with Crippen LogP contribution in [0.5, 0.6) is 0 Å². The van der Waals surface area contributed by atoms with Crippen molar-refractivity contribution in [2.24, 2.45) is 0 Å². The maximum atomic E-state index is 12.4. The monoisotopic (exact) mass is 297 g/mol. The Morgan fingerprint density at radius 3 is 2.84 bits per heavy atom. The molecule has 100 valence electrons. The smallest absolute Gasteiger partial charge is 0.230 e. The summed E-state index contributed by atoms with van der Waals surface area (Å²) in [6.07, 6.45) is 4.26. The molecule has 6 heteroatoms. The fourth-order valence-corrected chi connectivity index (χ4v) is 2.26. The van der Waals surface area contributed by atoms with Crippen LogP contribution in [0.25, 0.3) is 0 Å². The molecule has 2 N–H and O–H groups in total. The van der Waals surface area contributed by atoms with Gasteiger partial charge in [-0.2, -0.15) is 0 Å². The molecule has 4 nitrogen and oxygen atoms in total. The van der Waals surface area contributed by atoms with E-state index >= 15 is 0 Å². The number of carbonyl (C=O) groups is 1. The molecular formula is C13H13Cl2N3O. The Hall–Kier alpha value is -1.52. The van der Waals surface area contributed by atoms with Crippen LogP contribution in [-0.4, -0.2) is 15.3 Å². The maximum Gasteiger partial charge on any atom is 0.230 e. The first-order chi connectivity index (χ1) is 9.04. The minimum absolute atomic E-state index is 0.201. The molecule has 0 saturated heterocycles. The second-order valence-corrected chi connectivity index (χ2v) is 4.92. The number of aromatic nitrogens is 2. The van der Waals surface area contributed by atoms with Gasteiger partial charge in [-0.05, 0) is 18.6 Å². The molecule has 2 rings (SSSR count). The predicted molar refractivity (Wildman–Crippen MR) is 76.8 cm³/mol. The molecule has 0 atom stereocenters. The third-order valence-corrected chi connectivity index (χ3v) is 3.48. The second kappa shape index (κ2) is 5.63. The van der Waals surface area contributed by atoms with Gasteiger partial charge in [0.05, 0.1) is 10.0 Å². The molecule has 19 heavy (non-hydrogen) atoms. The van der Waals surface area contributed by atoms with Gasteiger partial charge in [0.1, 0.15) is 0 Å². The van der Waals surface area contributed by atoms with Gasteiger partial charge >= 0.3 is 0 Å². The van der Waals surface area contributed by atoms with E-state index in [4.69, 9.17) is 28.9 Å².